The van der Waals surface area contributed by atoms with E-state index in [2.05, 4.69) is 111 Å². The summed E-state index contributed by atoms with van der Waals surface area (Å²) in [5, 5.41) is 9.66. The minimum Gasteiger partial charge on any atom is -0.477 e. The Morgan fingerprint density at radius 1 is 0.455 bits per heavy atom. The molecule has 8 heteroatoms. The number of nitrogens with zero attached hydrogens (tertiary/aromatic N) is 1. The van der Waals surface area contributed by atoms with Crippen LogP contribution >= 0.6 is 0 Å². The van der Waals surface area contributed by atoms with Gasteiger partial charge in [-0.25, -0.2) is 4.79 Å². The van der Waals surface area contributed by atoms with Crippen LogP contribution in [0.5, 0.6) is 0 Å². The molecular formula is C58H98NO7+. The standard InChI is InChI=1S/C58H97NO7/c1-6-8-10-12-14-16-18-20-22-24-26-28-30-32-34-36-38-40-42-44-46-48-56(60)65-53-54(52-64-51-50-55(58(62)63)59(3,4)5)66-57(61)49-47-45-43-41-39-37-35-33-31-29-27-25-23-21-19-17-15-13-11-9-7-2/h14-17,20-23,26-29,32-35,54-55H,6-13,18-19,24-25,30-31,36-53H2,1-5H3/p+1/b16-14+,17-15+,22-20+,23-21+,28-26+,29-27+,34-32+,35-33+. The summed E-state index contributed by atoms with van der Waals surface area (Å²) in [4.78, 5) is 37.2. The van der Waals surface area contributed by atoms with E-state index in [1.165, 1.54) is 51.4 Å². The third-order valence-corrected chi connectivity index (χ3v) is 11.2. The van der Waals surface area contributed by atoms with Gasteiger partial charge in [0.2, 0.25) is 0 Å². The molecule has 0 saturated carbocycles. The number of rotatable bonds is 46. The van der Waals surface area contributed by atoms with Gasteiger partial charge in [0.1, 0.15) is 6.61 Å². The molecule has 2 unspecified atom stereocenters. The quantitative estimate of drug-likeness (QED) is 0.0281. The van der Waals surface area contributed by atoms with Crippen molar-refractivity contribution < 1.29 is 38.2 Å². The van der Waals surface area contributed by atoms with Crippen LogP contribution in [0.1, 0.15) is 200 Å². The molecule has 376 valence electrons. The van der Waals surface area contributed by atoms with Crippen molar-refractivity contribution in [3.63, 3.8) is 0 Å². The number of aliphatic carboxylic acids is 1. The molecule has 2 atom stereocenters. The molecule has 0 bridgehead atoms. The van der Waals surface area contributed by atoms with E-state index in [1.807, 2.05) is 21.1 Å². The van der Waals surface area contributed by atoms with Crippen LogP contribution in [-0.2, 0) is 28.6 Å². The molecule has 0 aromatic heterocycles. The number of carbonyl (C=O) groups is 3. The first kappa shape index (κ1) is 62.2. The maximum absolute atomic E-state index is 12.8. The third-order valence-electron chi connectivity index (χ3n) is 11.2. The normalized spacial score (nSPS) is 13.7. The second kappa shape index (κ2) is 47.7. The Labute approximate surface area is 405 Å². The van der Waals surface area contributed by atoms with Crippen molar-refractivity contribution in [1.82, 2.24) is 0 Å². The molecule has 0 fully saturated rings. The first-order valence-electron chi connectivity index (χ1n) is 26.3. The van der Waals surface area contributed by atoms with Gasteiger partial charge in [0.15, 0.2) is 12.1 Å². The predicted molar refractivity (Wildman–Crippen MR) is 279 cm³/mol. The van der Waals surface area contributed by atoms with Crippen LogP contribution in [0.3, 0.4) is 0 Å². The molecule has 0 saturated heterocycles. The number of carbonyl (C=O) groups excluding carboxylic acids is 2. The van der Waals surface area contributed by atoms with Gasteiger partial charge in [0.25, 0.3) is 0 Å². The molecule has 66 heavy (non-hydrogen) atoms. The average molecular weight is 921 g/mol. The minimum absolute atomic E-state index is 0.0411. The van der Waals surface area contributed by atoms with Crippen molar-refractivity contribution in [3.8, 4) is 0 Å². The lowest BCUT2D eigenvalue weighted by Gasteiger charge is -2.31. The van der Waals surface area contributed by atoms with Gasteiger partial charge < -0.3 is 23.8 Å². The van der Waals surface area contributed by atoms with Crippen LogP contribution in [0.25, 0.3) is 0 Å². The Kier molecular flexibility index (Phi) is 45.0. The van der Waals surface area contributed by atoms with Gasteiger partial charge in [-0.05, 0) is 103 Å². The smallest absolute Gasteiger partial charge is 0.362 e. The highest BCUT2D eigenvalue weighted by molar-refractivity contribution is 5.72. The number of hydrogen-bond donors (Lipinski definition) is 1. The summed E-state index contributed by atoms with van der Waals surface area (Å²) in [7, 11) is 5.51. The molecule has 0 aromatic carbocycles. The van der Waals surface area contributed by atoms with Gasteiger partial charge >= 0.3 is 17.9 Å². The van der Waals surface area contributed by atoms with Crippen LogP contribution in [0, 0.1) is 0 Å². The minimum atomic E-state index is -0.884. The van der Waals surface area contributed by atoms with E-state index in [0.717, 1.165) is 116 Å². The van der Waals surface area contributed by atoms with E-state index >= 15 is 0 Å². The number of ether oxygens (including phenoxy) is 3. The summed E-state index contributed by atoms with van der Waals surface area (Å²) in [6.45, 7) is 4.64. The molecule has 0 heterocycles. The molecule has 0 aromatic rings. The third kappa shape index (κ3) is 45.4. The Morgan fingerprint density at radius 2 is 0.803 bits per heavy atom. The first-order chi connectivity index (χ1) is 32.1. The second-order valence-corrected chi connectivity index (χ2v) is 18.4. The Bertz CT molecular complexity index is 1400. The number of carboxylic acid groups (broad SMARTS) is 1. The lowest BCUT2D eigenvalue weighted by Crippen LogP contribution is -2.50. The number of likely N-dealkylation sites (N-methyl/N-ethyl adjacent to an activating group) is 1. The van der Waals surface area contributed by atoms with Gasteiger partial charge in [-0.3, -0.25) is 9.59 Å². The Balaban J connectivity index is 4.35. The molecule has 0 aliphatic carbocycles. The predicted octanol–water partition coefficient (Wildman–Crippen LogP) is 15.4. The van der Waals surface area contributed by atoms with Crippen molar-refractivity contribution in [2.45, 2.75) is 212 Å². The zero-order valence-electron chi connectivity index (χ0n) is 42.9. The summed E-state index contributed by atoms with van der Waals surface area (Å²) in [6, 6.07) is -0.628. The zero-order chi connectivity index (χ0) is 48.4. The van der Waals surface area contributed by atoms with Crippen LogP contribution in [-0.4, -0.2) is 80.6 Å². The summed E-state index contributed by atoms with van der Waals surface area (Å²) in [6.07, 6.45) is 64.5. The SMILES string of the molecule is CCCCC/C=C/C/C=C/C/C=C/C/C=C/CCCCCCCC(=O)OCC(COCCC(C(=O)O)[N+](C)(C)C)OC(=O)CCCCCCC/C=C/C/C=C/C/C=C/C/C=C/CCCCC. The van der Waals surface area contributed by atoms with E-state index in [4.69, 9.17) is 14.2 Å². The molecule has 0 amide bonds. The Morgan fingerprint density at radius 3 is 1.18 bits per heavy atom. The molecule has 0 rings (SSSR count). The van der Waals surface area contributed by atoms with Crippen molar-refractivity contribution in [2.24, 2.45) is 0 Å². The molecule has 1 N–H and O–H groups in total. The number of allylic oxidation sites excluding steroid dienone is 16. The Hall–Kier alpha value is -3.75. The van der Waals surface area contributed by atoms with Crippen molar-refractivity contribution in [1.29, 1.82) is 0 Å². The highest BCUT2D eigenvalue weighted by Crippen LogP contribution is 2.13. The maximum atomic E-state index is 12.8. The van der Waals surface area contributed by atoms with Gasteiger partial charge in [-0.15, -0.1) is 0 Å². The molecular weight excluding hydrogens is 823 g/mol. The topological polar surface area (TPSA) is 99.1 Å². The number of carboxylic acids is 1. The van der Waals surface area contributed by atoms with Gasteiger partial charge in [0.05, 0.1) is 34.4 Å². The molecule has 0 aliphatic heterocycles. The fourth-order valence-electron chi connectivity index (χ4n) is 7.12. The molecule has 0 radical (unpaired) electrons. The van der Waals surface area contributed by atoms with E-state index < -0.39 is 18.1 Å². The van der Waals surface area contributed by atoms with E-state index in [9.17, 15) is 19.5 Å². The largest absolute Gasteiger partial charge is 0.477 e. The summed E-state index contributed by atoms with van der Waals surface area (Å²) >= 11 is 0. The second-order valence-electron chi connectivity index (χ2n) is 18.4. The molecule has 0 spiro atoms. The van der Waals surface area contributed by atoms with Crippen LogP contribution in [0.2, 0.25) is 0 Å². The fourth-order valence-corrected chi connectivity index (χ4v) is 7.12. The monoisotopic (exact) mass is 921 g/mol. The highest BCUT2D eigenvalue weighted by atomic mass is 16.6. The van der Waals surface area contributed by atoms with Crippen LogP contribution in [0.4, 0.5) is 0 Å². The lowest BCUT2D eigenvalue weighted by atomic mass is 10.1. The number of unbranched alkanes of at least 4 members (excludes halogenated alkanes) is 16. The molecule has 0 aliphatic rings. The first-order valence-corrected chi connectivity index (χ1v) is 26.3. The van der Waals surface area contributed by atoms with E-state index in [1.54, 1.807) is 0 Å². The van der Waals surface area contributed by atoms with Gasteiger partial charge in [-0.2, -0.15) is 0 Å². The van der Waals surface area contributed by atoms with E-state index in [0.29, 0.717) is 19.3 Å². The average Bonchev–Trinajstić information content (AvgIpc) is 3.28. The van der Waals surface area contributed by atoms with Crippen LogP contribution < -0.4 is 0 Å². The zero-order valence-corrected chi connectivity index (χ0v) is 42.9. The van der Waals surface area contributed by atoms with Gasteiger partial charge in [-0.1, -0.05) is 175 Å². The fraction of sp³-hybridized carbons (Fsp3) is 0.672. The lowest BCUT2D eigenvalue weighted by molar-refractivity contribution is -0.887. The number of hydrogen-bond acceptors (Lipinski definition) is 6. The van der Waals surface area contributed by atoms with Gasteiger partial charge in [0, 0.05) is 19.3 Å². The van der Waals surface area contributed by atoms with E-state index in [-0.39, 0.29) is 36.2 Å². The van der Waals surface area contributed by atoms with Crippen molar-refractivity contribution >= 4 is 17.9 Å². The maximum Gasteiger partial charge on any atom is 0.362 e. The summed E-state index contributed by atoms with van der Waals surface area (Å²) in [5.74, 6) is -1.52. The van der Waals surface area contributed by atoms with Crippen LogP contribution in [0.15, 0.2) is 97.2 Å². The van der Waals surface area contributed by atoms with Crippen molar-refractivity contribution in [3.05, 3.63) is 97.2 Å². The number of esters is 2. The summed E-state index contributed by atoms with van der Waals surface area (Å²) < 4.78 is 17.3. The summed E-state index contributed by atoms with van der Waals surface area (Å²) in [5.41, 5.74) is 0. The molecule has 8 nitrogen and oxygen atoms in total. The van der Waals surface area contributed by atoms with Crippen molar-refractivity contribution in [2.75, 3.05) is 41.0 Å². The number of quaternary nitrogens is 1. The highest BCUT2D eigenvalue weighted by Gasteiger charge is 2.31.